The zero-order valence-electron chi connectivity index (χ0n) is 16.0. The highest BCUT2D eigenvalue weighted by Crippen LogP contribution is 2.09. The fourth-order valence-corrected chi connectivity index (χ4v) is 2.15. The number of hydrogen-bond donors (Lipinski definition) is 2. The summed E-state index contributed by atoms with van der Waals surface area (Å²) in [5, 5.41) is 6.61. The van der Waals surface area contributed by atoms with Gasteiger partial charge in [-0.25, -0.2) is 0 Å². The van der Waals surface area contributed by atoms with Gasteiger partial charge in [0.2, 0.25) is 0 Å². The molecule has 5 nitrogen and oxygen atoms in total. The molecule has 1 aromatic rings. The molecule has 0 aliphatic carbocycles. The Labute approximate surface area is 170 Å². The Morgan fingerprint density at radius 3 is 2.44 bits per heavy atom. The number of nitrogens with one attached hydrogen (secondary N) is 2. The first kappa shape index (κ1) is 24.1. The van der Waals surface area contributed by atoms with E-state index in [0.29, 0.717) is 19.1 Å². The number of guanidine groups is 1. The van der Waals surface area contributed by atoms with E-state index in [-0.39, 0.29) is 24.0 Å². The van der Waals surface area contributed by atoms with E-state index in [4.69, 9.17) is 9.47 Å². The van der Waals surface area contributed by atoms with Crippen molar-refractivity contribution in [3.8, 4) is 0 Å². The Kier molecular flexibility index (Phi) is 14.9. The normalized spacial score (nSPS) is 11.3. The number of benzene rings is 1. The molecule has 144 valence electrons. The SMILES string of the molecule is CCOCc1ccccc1CNC(=NC)NCCOCCC(C)C.I. The topological polar surface area (TPSA) is 54.9 Å². The van der Waals surface area contributed by atoms with Crippen LogP contribution in [-0.2, 0) is 22.6 Å². The van der Waals surface area contributed by atoms with Crippen molar-refractivity contribution in [3.05, 3.63) is 35.4 Å². The predicted molar refractivity (Wildman–Crippen MR) is 116 cm³/mol. The van der Waals surface area contributed by atoms with Crippen LogP contribution in [0.15, 0.2) is 29.3 Å². The average Bonchev–Trinajstić information content (AvgIpc) is 2.59. The molecule has 0 aromatic heterocycles. The molecule has 0 saturated heterocycles. The van der Waals surface area contributed by atoms with E-state index in [1.54, 1.807) is 7.05 Å². The van der Waals surface area contributed by atoms with E-state index in [1.807, 2.05) is 19.1 Å². The van der Waals surface area contributed by atoms with Gasteiger partial charge in [-0.05, 0) is 30.4 Å². The van der Waals surface area contributed by atoms with Crippen LogP contribution in [0.3, 0.4) is 0 Å². The van der Waals surface area contributed by atoms with Gasteiger partial charge in [0.1, 0.15) is 0 Å². The van der Waals surface area contributed by atoms with Crippen molar-refractivity contribution in [3.63, 3.8) is 0 Å². The summed E-state index contributed by atoms with van der Waals surface area (Å²) < 4.78 is 11.1. The van der Waals surface area contributed by atoms with Gasteiger partial charge in [0.05, 0.1) is 13.2 Å². The molecule has 6 heteroatoms. The third-order valence-electron chi connectivity index (χ3n) is 3.63. The molecule has 2 N–H and O–H groups in total. The van der Waals surface area contributed by atoms with Crippen LogP contribution in [0, 0.1) is 5.92 Å². The van der Waals surface area contributed by atoms with Crippen LogP contribution in [-0.4, -0.2) is 39.4 Å². The molecule has 0 unspecified atom stereocenters. The number of aliphatic imine (C=N–C) groups is 1. The fourth-order valence-electron chi connectivity index (χ4n) is 2.15. The highest BCUT2D eigenvalue weighted by Gasteiger charge is 2.03. The quantitative estimate of drug-likeness (QED) is 0.228. The Hall–Kier alpha value is -0.860. The summed E-state index contributed by atoms with van der Waals surface area (Å²) in [6.07, 6.45) is 1.10. The number of hydrogen-bond acceptors (Lipinski definition) is 3. The van der Waals surface area contributed by atoms with Crippen molar-refractivity contribution in [2.75, 3.05) is 33.4 Å². The van der Waals surface area contributed by atoms with E-state index in [0.717, 1.165) is 38.7 Å². The van der Waals surface area contributed by atoms with Crippen molar-refractivity contribution in [1.29, 1.82) is 0 Å². The first-order chi connectivity index (χ1) is 11.7. The Morgan fingerprint density at radius 2 is 1.80 bits per heavy atom. The summed E-state index contributed by atoms with van der Waals surface area (Å²) in [6.45, 7) is 10.8. The molecule has 25 heavy (non-hydrogen) atoms. The summed E-state index contributed by atoms with van der Waals surface area (Å²) in [5.41, 5.74) is 2.43. The van der Waals surface area contributed by atoms with Gasteiger partial charge in [0.25, 0.3) is 0 Å². The molecule has 0 aliphatic heterocycles. The Morgan fingerprint density at radius 1 is 1.08 bits per heavy atom. The van der Waals surface area contributed by atoms with Crippen molar-refractivity contribution >= 4 is 29.9 Å². The molecule has 1 rings (SSSR count). The zero-order chi connectivity index (χ0) is 17.6. The van der Waals surface area contributed by atoms with Crippen LogP contribution in [0.25, 0.3) is 0 Å². The van der Waals surface area contributed by atoms with Gasteiger partial charge in [-0.1, -0.05) is 38.1 Å². The van der Waals surface area contributed by atoms with Crippen LogP contribution >= 0.6 is 24.0 Å². The fraction of sp³-hybridized carbons (Fsp3) is 0.632. The van der Waals surface area contributed by atoms with Crippen molar-refractivity contribution in [2.24, 2.45) is 10.9 Å². The summed E-state index contributed by atoms with van der Waals surface area (Å²) >= 11 is 0. The largest absolute Gasteiger partial charge is 0.380 e. The standard InChI is InChI=1S/C19H33N3O2.HI/c1-5-23-15-18-9-7-6-8-17(18)14-22-19(20-4)21-11-13-24-12-10-16(2)3;/h6-9,16H,5,10-15H2,1-4H3,(H2,20,21,22);1H. The van der Waals surface area contributed by atoms with Crippen LogP contribution in [0.5, 0.6) is 0 Å². The average molecular weight is 463 g/mol. The maximum absolute atomic E-state index is 5.60. The predicted octanol–water partition coefficient (Wildman–Crippen LogP) is 3.57. The first-order valence-corrected chi connectivity index (χ1v) is 8.84. The number of halogens is 1. The van der Waals surface area contributed by atoms with Gasteiger partial charge in [-0.15, -0.1) is 24.0 Å². The van der Waals surface area contributed by atoms with E-state index in [2.05, 4.69) is 41.6 Å². The van der Waals surface area contributed by atoms with Crippen LogP contribution in [0.1, 0.15) is 38.3 Å². The molecule has 0 amide bonds. The van der Waals surface area contributed by atoms with E-state index >= 15 is 0 Å². The van der Waals surface area contributed by atoms with Gasteiger partial charge in [0.15, 0.2) is 5.96 Å². The first-order valence-electron chi connectivity index (χ1n) is 8.84. The lowest BCUT2D eigenvalue weighted by atomic mass is 10.1. The van der Waals surface area contributed by atoms with Crippen molar-refractivity contribution in [1.82, 2.24) is 10.6 Å². The third kappa shape index (κ3) is 11.4. The van der Waals surface area contributed by atoms with Gasteiger partial charge in [0, 0.05) is 33.4 Å². The molecule has 0 fully saturated rings. The lowest BCUT2D eigenvalue weighted by molar-refractivity contribution is 0.128. The number of nitrogens with zero attached hydrogens (tertiary/aromatic N) is 1. The minimum atomic E-state index is 0. The summed E-state index contributed by atoms with van der Waals surface area (Å²) in [6, 6.07) is 8.31. The molecule has 0 radical (unpaired) electrons. The zero-order valence-corrected chi connectivity index (χ0v) is 18.3. The van der Waals surface area contributed by atoms with Gasteiger partial charge < -0.3 is 20.1 Å². The third-order valence-corrected chi connectivity index (χ3v) is 3.63. The Balaban J connectivity index is 0.00000576. The van der Waals surface area contributed by atoms with Gasteiger partial charge in [-0.3, -0.25) is 4.99 Å². The molecular formula is C19H34IN3O2. The molecule has 0 spiro atoms. The van der Waals surface area contributed by atoms with Gasteiger partial charge in [-0.2, -0.15) is 0 Å². The minimum absolute atomic E-state index is 0. The molecule has 0 heterocycles. The molecule has 0 aliphatic rings. The monoisotopic (exact) mass is 463 g/mol. The van der Waals surface area contributed by atoms with Crippen molar-refractivity contribution in [2.45, 2.75) is 40.3 Å². The summed E-state index contributed by atoms with van der Waals surface area (Å²) in [4.78, 5) is 4.25. The van der Waals surface area contributed by atoms with E-state index < -0.39 is 0 Å². The number of rotatable bonds is 11. The second kappa shape index (κ2) is 15.4. The summed E-state index contributed by atoms with van der Waals surface area (Å²) in [5.74, 6) is 1.47. The molecule has 0 atom stereocenters. The lowest BCUT2D eigenvalue weighted by Crippen LogP contribution is -2.38. The maximum Gasteiger partial charge on any atom is 0.191 e. The Bertz CT molecular complexity index is 481. The van der Waals surface area contributed by atoms with E-state index in [1.165, 1.54) is 11.1 Å². The van der Waals surface area contributed by atoms with E-state index in [9.17, 15) is 0 Å². The summed E-state index contributed by atoms with van der Waals surface area (Å²) in [7, 11) is 1.78. The minimum Gasteiger partial charge on any atom is -0.380 e. The lowest BCUT2D eigenvalue weighted by Gasteiger charge is -2.14. The second-order valence-corrected chi connectivity index (χ2v) is 6.05. The second-order valence-electron chi connectivity index (χ2n) is 6.05. The smallest absolute Gasteiger partial charge is 0.191 e. The van der Waals surface area contributed by atoms with Crippen LogP contribution in [0.4, 0.5) is 0 Å². The van der Waals surface area contributed by atoms with Crippen LogP contribution < -0.4 is 10.6 Å². The van der Waals surface area contributed by atoms with Gasteiger partial charge >= 0.3 is 0 Å². The highest BCUT2D eigenvalue weighted by atomic mass is 127. The molecular weight excluding hydrogens is 429 g/mol. The number of ether oxygens (including phenoxy) is 2. The molecule has 0 saturated carbocycles. The maximum atomic E-state index is 5.60. The highest BCUT2D eigenvalue weighted by molar-refractivity contribution is 14.0. The molecule has 1 aromatic carbocycles. The molecule has 0 bridgehead atoms. The van der Waals surface area contributed by atoms with Crippen LogP contribution in [0.2, 0.25) is 0 Å². The van der Waals surface area contributed by atoms with Crippen molar-refractivity contribution < 1.29 is 9.47 Å².